The maximum atomic E-state index is 12.9. The van der Waals surface area contributed by atoms with E-state index in [1.54, 1.807) is 0 Å². The van der Waals surface area contributed by atoms with Crippen LogP contribution in [0.1, 0.15) is 27.6 Å². The third-order valence-corrected chi connectivity index (χ3v) is 7.29. The van der Waals surface area contributed by atoms with Crippen molar-refractivity contribution in [2.45, 2.75) is 19.1 Å². The first-order chi connectivity index (χ1) is 15.0. The van der Waals surface area contributed by atoms with Gasteiger partial charge < -0.3 is 41.1 Å². The second-order valence-electron chi connectivity index (χ2n) is 6.53. The average Bonchev–Trinajstić information content (AvgIpc) is 2.74. The topological polar surface area (TPSA) is 180 Å². The van der Waals surface area contributed by atoms with Gasteiger partial charge in [-0.2, -0.15) is 0 Å². The van der Waals surface area contributed by atoms with Crippen molar-refractivity contribution in [1.82, 2.24) is 10.6 Å². The van der Waals surface area contributed by atoms with E-state index in [-0.39, 0.29) is 46.6 Å². The highest BCUT2D eigenvalue weighted by molar-refractivity contribution is 14.1. The van der Waals surface area contributed by atoms with Crippen molar-refractivity contribution in [3.05, 3.63) is 21.8 Å². The molecule has 0 unspecified atom stereocenters. The Bertz CT molecular complexity index is 855. The van der Waals surface area contributed by atoms with Gasteiger partial charge in [-0.3, -0.25) is 14.4 Å². The minimum atomic E-state index is -1.26. The van der Waals surface area contributed by atoms with Crippen molar-refractivity contribution in [2.24, 2.45) is 0 Å². The highest BCUT2D eigenvalue weighted by atomic mass is 127. The molecule has 7 N–H and O–H groups in total. The number of nitrogens with zero attached hydrogens (tertiary/aromatic N) is 1. The van der Waals surface area contributed by atoms with E-state index in [1.165, 1.54) is 11.8 Å². The number of anilines is 1. The summed E-state index contributed by atoms with van der Waals surface area (Å²) in [6.07, 6.45) is -2.44. The van der Waals surface area contributed by atoms with Crippen LogP contribution in [0.15, 0.2) is 0 Å². The summed E-state index contributed by atoms with van der Waals surface area (Å²) in [7, 11) is 0. The largest absolute Gasteiger partial charge is 0.395 e. The van der Waals surface area contributed by atoms with Crippen molar-refractivity contribution in [3.63, 3.8) is 0 Å². The van der Waals surface area contributed by atoms with Crippen LogP contribution in [0.5, 0.6) is 0 Å². The molecule has 0 spiro atoms. The molecule has 0 saturated carbocycles. The minimum absolute atomic E-state index is 0.0316. The summed E-state index contributed by atoms with van der Waals surface area (Å²) in [4.78, 5) is 39.4. The second-order valence-corrected chi connectivity index (χ2v) is 9.77. The fraction of sp³-hybridized carbons (Fsp3) is 0.500. The molecule has 14 heteroatoms. The number of hydrogen-bond acceptors (Lipinski definition) is 8. The van der Waals surface area contributed by atoms with Crippen LogP contribution in [0.3, 0.4) is 0 Å². The van der Waals surface area contributed by atoms with Gasteiger partial charge in [0, 0.05) is 23.6 Å². The molecule has 11 nitrogen and oxygen atoms in total. The molecule has 1 aromatic rings. The number of carbonyl (C=O) groups excluding carboxylic acids is 3. The number of hydrogen-bond donors (Lipinski definition) is 7. The van der Waals surface area contributed by atoms with Gasteiger partial charge in [0.25, 0.3) is 11.8 Å². The van der Waals surface area contributed by atoms with Crippen LogP contribution in [0.2, 0.25) is 0 Å². The zero-order valence-electron chi connectivity index (χ0n) is 16.9. The van der Waals surface area contributed by atoms with E-state index in [4.69, 9.17) is 10.2 Å². The summed E-state index contributed by atoms with van der Waals surface area (Å²) in [6.45, 7) is -0.761. The maximum Gasteiger partial charge on any atom is 0.253 e. The zero-order valence-corrected chi connectivity index (χ0v) is 23.4. The van der Waals surface area contributed by atoms with Crippen LogP contribution in [-0.4, -0.2) is 94.9 Å². The summed E-state index contributed by atoms with van der Waals surface area (Å²) in [5.74, 6) is -1.72. The molecule has 3 amide bonds. The first-order valence-corrected chi connectivity index (χ1v) is 12.5. The lowest BCUT2D eigenvalue weighted by Crippen LogP contribution is -2.40. The molecule has 0 aliphatic carbocycles. The van der Waals surface area contributed by atoms with Crippen LogP contribution in [0.25, 0.3) is 0 Å². The van der Waals surface area contributed by atoms with E-state index in [1.807, 2.05) is 67.8 Å². The van der Waals surface area contributed by atoms with Crippen LogP contribution in [0.4, 0.5) is 5.69 Å². The molecule has 0 aliphatic rings. The van der Waals surface area contributed by atoms with Crippen LogP contribution in [-0.2, 0) is 4.79 Å². The summed E-state index contributed by atoms with van der Waals surface area (Å²) < 4.78 is 0.920. The number of carbonyl (C=O) groups is 3. The van der Waals surface area contributed by atoms with Gasteiger partial charge in [0.1, 0.15) is 0 Å². The molecule has 0 bridgehead atoms. The number of aliphatic hydroxyl groups is 5. The lowest BCUT2D eigenvalue weighted by atomic mass is 10.1. The summed E-state index contributed by atoms with van der Waals surface area (Å²) in [5.41, 5.74) is 0.354. The number of nitrogens with one attached hydrogen (secondary N) is 2. The van der Waals surface area contributed by atoms with Crippen molar-refractivity contribution in [1.29, 1.82) is 0 Å². The molecule has 0 radical (unpaired) electrons. The highest BCUT2D eigenvalue weighted by Crippen LogP contribution is 2.38. The fourth-order valence-corrected chi connectivity index (χ4v) is 7.28. The van der Waals surface area contributed by atoms with Crippen molar-refractivity contribution in [3.8, 4) is 0 Å². The Hall–Kier alpha value is -0.380. The SMILES string of the molecule is CC(=O)N(C[C@H](O)CO)c1c(I)c(C(=O)NCCO)c(I)c(C(=O)NC[C@H](O)CO)c1I. The number of aliphatic hydroxyl groups excluding tert-OH is 5. The van der Waals surface area contributed by atoms with Gasteiger partial charge in [-0.25, -0.2) is 0 Å². The number of halogens is 3. The van der Waals surface area contributed by atoms with Crippen LogP contribution < -0.4 is 15.5 Å². The van der Waals surface area contributed by atoms with Gasteiger partial charge in [0.05, 0.1) is 62.5 Å². The van der Waals surface area contributed by atoms with E-state index >= 15 is 0 Å². The second kappa shape index (κ2) is 14.1. The number of rotatable bonds is 11. The lowest BCUT2D eigenvalue weighted by molar-refractivity contribution is -0.117. The quantitative estimate of drug-likeness (QED) is 0.140. The van der Waals surface area contributed by atoms with E-state index in [0.29, 0.717) is 7.14 Å². The zero-order chi connectivity index (χ0) is 24.6. The molecule has 1 aromatic carbocycles. The third-order valence-electron chi connectivity index (χ3n) is 4.11. The molecule has 180 valence electrons. The van der Waals surface area contributed by atoms with Gasteiger partial charge in [0.2, 0.25) is 5.91 Å². The summed E-state index contributed by atoms with van der Waals surface area (Å²) in [5, 5.41) is 51.8. The Labute approximate surface area is 225 Å². The summed E-state index contributed by atoms with van der Waals surface area (Å²) >= 11 is 5.56. The van der Waals surface area contributed by atoms with E-state index in [2.05, 4.69) is 10.6 Å². The van der Waals surface area contributed by atoms with Crippen molar-refractivity contribution in [2.75, 3.05) is 44.4 Å². The molecular weight excluding hydrogens is 767 g/mol. The first kappa shape index (κ1) is 29.7. The van der Waals surface area contributed by atoms with E-state index < -0.39 is 43.1 Å². The Balaban J connectivity index is 3.74. The Morgan fingerprint density at radius 3 is 1.81 bits per heavy atom. The Morgan fingerprint density at radius 1 is 0.875 bits per heavy atom. The van der Waals surface area contributed by atoms with E-state index in [0.717, 1.165) is 0 Å². The lowest BCUT2D eigenvalue weighted by Gasteiger charge is -2.28. The minimum Gasteiger partial charge on any atom is -0.395 e. The predicted molar refractivity (Wildman–Crippen MR) is 141 cm³/mol. The number of amides is 3. The predicted octanol–water partition coefficient (Wildman–Crippen LogP) is -0.988. The first-order valence-electron chi connectivity index (χ1n) is 9.25. The van der Waals surface area contributed by atoms with Gasteiger partial charge in [-0.15, -0.1) is 0 Å². The molecule has 32 heavy (non-hydrogen) atoms. The van der Waals surface area contributed by atoms with Gasteiger partial charge in [-0.1, -0.05) is 0 Å². The fourth-order valence-electron chi connectivity index (χ4n) is 2.55. The monoisotopic (exact) mass is 791 g/mol. The molecule has 0 heterocycles. The molecule has 0 aromatic heterocycles. The number of benzene rings is 1. The third kappa shape index (κ3) is 7.57. The summed E-state index contributed by atoms with van der Waals surface area (Å²) in [6, 6.07) is 0. The van der Waals surface area contributed by atoms with Gasteiger partial charge in [-0.05, 0) is 67.8 Å². The van der Waals surface area contributed by atoms with Crippen molar-refractivity contribution < 1.29 is 39.9 Å². The Morgan fingerprint density at radius 2 is 1.38 bits per heavy atom. The van der Waals surface area contributed by atoms with Gasteiger partial charge in [0.15, 0.2) is 0 Å². The highest BCUT2D eigenvalue weighted by Gasteiger charge is 2.32. The average molecular weight is 791 g/mol. The van der Waals surface area contributed by atoms with Gasteiger partial charge >= 0.3 is 0 Å². The smallest absolute Gasteiger partial charge is 0.253 e. The molecule has 2 atom stereocenters. The Kier molecular flexibility index (Phi) is 13.1. The normalized spacial score (nSPS) is 12.8. The van der Waals surface area contributed by atoms with Crippen LogP contribution in [0, 0.1) is 10.7 Å². The maximum absolute atomic E-state index is 12.9. The molecule has 0 saturated heterocycles. The van der Waals surface area contributed by atoms with Crippen LogP contribution >= 0.6 is 67.8 Å². The molecule has 1 rings (SSSR count). The molecule has 0 aliphatic heterocycles. The molecular formula is C18H24I3N3O8. The van der Waals surface area contributed by atoms with E-state index in [9.17, 15) is 29.7 Å². The molecule has 0 fully saturated rings. The van der Waals surface area contributed by atoms with Crippen molar-refractivity contribution >= 4 is 91.2 Å². The standard InChI is InChI=1S/C18H24I3N3O8/c1-8(28)24(5-10(30)7-27)16-14(20)11(17(31)22-2-3-25)13(19)12(15(16)21)18(32)23-4-9(29)6-26/h9-10,25-27,29-30H,2-7H2,1H3,(H,22,31)(H,23,32)/t9-,10-/m0/s1.